The monoisotopic (exact) mass is 468 g/mol. The first-order valence-electron chi connectivity index (χ1n) is 13.0. The molecule has 1 aliphatic carbocycles. The molecule has 2 rings (SSSR count). The molecule has 0 aromatic rings. The molecule has 1 unspecified atom stereocenters. The van der Waals surface area contributed by atoms with E-state index < -0.39 is 18.2 Å². The molecule has 0 aromatic carbocycles. The Hall–Kier alpha value is -1.24. The van der Waals surface area contributed by atoms with E-state index in [9.17, 15) is 9.90 Å². The number of alkyl halides is 1. The third kappa shape index (κ3) is 9.87. The molecule has 6 heteroatoms. The number of esters is 1. The first kappa shape index (κ1) is 28.0. The van der Waals surface area contributed by atoms with E-state index in [0.717, 1.165) is 37.7 Å². The predicted molar refractivity (Wildman–Crippen MR) is 128 cm³/mol. The van der Waals surface area contributed by atoms with Crippen LogP contribution in [0.2, 0.25) is 0 Å². The van der Waals surface area contributed by atoms with Crippen molar-refractivity contribution in [1.29, 1.82) is 0 Å². The van der Waals surface area contributed by atoms with Gasteiger partial charge in [-0.1, -0.05) is 50.0 Å². The highest BCUT2D eigenvalue weighted by Gasteiger charge is 2.46. The van der Waals surface area contributed by atoms with E-state index in [4.69, 9.17) is 9.47 Å². The molecule has 2 aliphatic rings. The fraction of sp³-hybridized carbons (Fsp3) is 0.815. The Kier molecular flexibility index (Phi) is 13.3. The smallest absolute Gasteiger partial charge is 0.305 e. The second-order valence-electron chi connectivity index (χ2n) is 9.59. The van der Waals surface area contributed by atoms with Gasteiger partial charge in [0.2, 0.25) is 0 Å². The zero-order chi connectivity index (χ0) is 24.1. The summed E-state index contributed by atoms with van der Waals surface area (Å²) >= 11 is 0. The van der Waals surface area contributed by atoms with Crippen LogP contribution in [0, 0.1) is 11.8 Å². The van der Waals surface area contributed by atoms with Crippen molar-refractivity contribution < 1.29 is 28.5 Å². The van der Waals surface area contributed by atoms with Crippen LogP contribution in [0.5, 0.6) is 0 Å². The number of carbonyl (C=O) groups excluding carboxylic acids is 1. The Morgan fingerprint density at radius 3 is 2.73 bits per heavy atom. The summed E-state index contributed by atoms with van der Waals surface area (Å²) in [6, 6.07) is 0. The highest BCUT2D eigenvalue weighted by atomic mass is 19.1. The second kappa shape index (κ2) is 15.6. The molecule has 1 heterocycles. The summed E-state index contributed by atoms with van der Waals surface area (Å²) in [7, 11) is 1.37. The highest BCUT2D eigenvalue weighted by molar-refractivity contribution is 5.69. The molecule has 0 spiro atoms. The highest BCUT2D eigenvalue weighted by Crippen LogP contribution is 2.41. The minimum Gasteiger partial charge on any atom is -0.469 e. The first-order chi connectivity index (χ1) is 16.0. The number of allylic oxidation sites excluding steroid dienone is 3. The van der Waals surface area contributed by atoms with Gasteiger partial charge in [0.25, 0.3) is 0 Å². The van der Waals surface area contributed by atoms with Gasteiger partial charge in [0, 0.05) is 31.3 Å². The minimum absolute atomic E-state index is 0.189. The molecule has 1 N–H and O–H groups in total. The van der Waals surface area contributed by atoms with Crippen LogP contribution < -0.4 is 0 Å². The van der Waals surface area contributed by atoms with Gasteiger partial charge in [-0.25, -0.2) is 4.39 Å². The van der Waals surface area contributed by atoms with Crippen molar-refractivity contribution in [2.75, 3.05) is 13.7 Å². The summed E-state index contributed by atoms with van der Waals surface area (Å²) in [6.45, 7) is 4.77. The van der Waals surface area contributed by atoms with E-state index in [-0.39, 0.29) is 24.3 Å². The lowest BCUT2D eigenvalue weighted by atomic mass is 9.87. The maximum atomic E-state index is 15.5. The van der Waals surface area contributed by atoms with Gasteiger partial charge in [0.05, 0.1) is 19.3 Å². The Morgan fingerprint density at radius 1 is 1.21 bits per heavy atom. The Morgan fingerprint density at radius 2 is 2.03 bits per heavy atom. The molecule has 6 atom stereocenters. The van der Waals surface area contributed by atoms with E-state index in [0.29, 0.717) is 32.3 Å². The van der Waals surface area contributed by atoms with E-state index >= 15 is 4.39 Å². The van der Waals surface area contributed by atoms with Crippen LogP contribution in [-0.4, -0.2) is 49.5 Å². The Bertz CT molecular complexity index is 614. The number of aliphatic hydroxyl groups excluding tert-OH is 1. The second-order valence-corrected chi connectivity index (χ2v) is 9.59. The fourth-order valence-electron chi connectivity index (χ4n) is 4.92. The molecular weight excluding hydrogens is 423 g/mol. The number of aliphatic hydroxyl groups is 1. The fourth-order valence-corrected chi connectivity index (χ4v) is 4.92. The van der Waals surface area contributed by atoms with Gasteiger partial charge in [-0.3, -0.25) is 4.79 Å². The van der Waals surface area contributed by atoms with Gasteiger partial charge >= 0.3 is 5.97 Å². The average Bonchev–Trinajstić information content (AvgIpc) is 3.11. The summed E-state index contributed by atoms with van der Waals surface area (Å²) in [5.74, 6) is -0.980. The van der Waals surface area contributed by atoms with E-state index in [1.54, 1.807) is 6.08 Å². The first-order valence-corrected chi connectivity index (χ1v) is 13.0. The van der Waals surface area contributed by atoms with Gasteiger partial charge in [-0.15, -0.1) is 0 Å². The molecule has 190 valence electrons. The molecule has 5 nitrogen and oxygen atoms in total. The number of carbonyl (C=O) groups is 1. The van der Waals surface area contributed by atoms with Crippen LogP contribution >= 0.6 is 0 Å². The number of halogens is 1. The standard InChI is InChI=1S/C27H45FO5/c1-4-5-6-7-8-9-14-21-24(33-26-16-10-11-17-32-26)19-23(29)27(21)22(28)18-20(2)13-12-15-25(30)31-3/h9,14,18,21-24,26-27,29H,4-8,10-13,15-17,19H2,1-3H3/t21-,22-,23-,24+,26?,27-/m0/s1. The van der Waals surface area contributed by atoms with Crippen LogP contribution in [0.1, 0.15) is 90.9 Å². The van der Waals surface area contributed by atoms with Gasteiger partial charge in [-0.05, 0) is 51.9 Å². The van der Waals surface area contributed by atoms with Crippen LogP contribution in [0.25, 0.3) is 0 Å². The lowest BCUT2D eigenvalue weighted by molar-refractivity contribution is -0.193. The van der Waals surface area contributed by atoms with Crippen molar-refractivity contribution in [3.8, 4) is 0 Å². The predicted octanol–water partition coefficient (Wildman–Crippen LogP) is 6.05. The number of methoxy groups -OCH3 is 1. The Balaban J connectivity index is 2.03. The average molecular weight is 469 g/mol. The number of unbranched alkanes of at least 4 members (excludes halogenated alkanes) is 4. The minimum atomic E-state index is -1.27. The summed E-state index contributed by atoms with van der Waals surface area (Å²) in [5, 5.41) is 10.8. The molecule has 0 bridgehead atoms. The van der Waals surface area contributed by atoms with Crippen molar-refractivity contribution in [2.24, 2.45) is 11.8 Å². The summed E-state index contributed by atoms with van der Waals surface area (Å²) < 4.78 is 32.2. The zero-order valence-corrected chi connectivity index (χ0v) is 20.8. The van der Waals surface area contributed by atoms with Gasteiger partial charge in [0.1, 0.15) is 6.17 Å². The van der Waals surface area contributed by atoms with Gasteiger partial charge in [-0.2, -0.15) is 0 Å². The number of hydrogen-bond donors (Lipinski definition) is 1. The quantitative estimate of drug-likeness (QED) is 0.191. The van der Waals surface area contributed by atoms with E-state index in [1.807, 2.05) is 6.92 Å². The van der Waals surface area contributed by atoms with Crippen molar-refractivity contribution >= 4 is 5.97 Å². The maximum absolute atomic E-state index is 15.5. The molecule has 1 saturated carbocycles. The van der Waals surface area contributed by atoms with Crippen LogP contribution in [0.4, 0.5) is 4.39 Å². The lowest BCUT2D eigenvalue weighted by Crippen LogP contribution is -2.32. The molecule has 1 aliphatic heterocycles. The maximum Gasteiger partial charge on any atom is 0.305 e. The van der Waals surface area contributed by atoms with E-state index in [1.165, 1.54) is 26.4 Å². The number of hydrogen-bond acceptors (Lipinski definition) is 5. The SMILES string of the molecule is CCCCCCC=C[C@@H]1[C@@H]([C@@H](F)C=C(C)CCCC(=O)OC)[C@@H](O)C[C@H]1OC1CCCCO1. The largest absolute Gasteiger partial charge is 0.469 e. The van der Waals surface area contributed by atoms with E-state index in [2.05, 4.69) is 23.8 Å². The lowest BCUT2D eigenvalue weighted by Gasteiger charge is -2.29. The summed E-state index contributed by atoms with van der Waals surface area (Å²) in [4.78, 5) is 11.3. The molecule has 2 fully saturated rings. The van der Waals surface area contributed by atoms with Gasteiger partial charge < -0.3 is 19.3 Å². The van der Waals surface area contributed by atoms with Crippen molar-refractivity contribution in [2.45, 2.75) is 116 Å². The summed E-state index contributed by atoms with van der Waals surface area (Å²) in [5.41, 5.74) is 0.890. The van der Waals surface area contributed by atoms with Crippen molar-refractivity contribution in [3.05, 3.63) is 23.8 Å². The normalized spacial score (nSPS) is 29.5. The Labute approximate surface area is 199 Å². The van der Waals surface area contributed by atoms with Crippen LogP contribution in [0.15, 0.2) is 23.8 Å². The molecule has 33 heavy (non-hydrogen) atoms. The number of rotatable bonds is 14. The third-order valence-corrected chi connectivity index (χ3v) is 6.83. The number of ether oxygens (including phenoxy) is 3. The van der Waals surface area contributed by atoms with Gasteiger partial charge in [0.15, 0.2) is 6.29 Å². The molecule has 0 aromatic heterocycles. The molecule has 1 saturated heterocycles. The molecule has 0 amide bonds. The van der Waals surface area contributed by atoms with Crippen LogP contribution in [0.3, 0.4) is 0 Å². The molecule has 0 radical (unpaired) electrons. The van der Waals surface area contributed by atoms with Crippen LogP contribution in [-0.2, 0) is 19.0 Å². The third-order valence-electron chi connectivity index (χ3n) is 6.83. The van der Waals surface area contributed by atoms with Crippen molar-refractivity contribution in [3.63, 3.8) is 0 Å². The zero-order valence-electron chi connectivity index (χ0n) is 20.8. The van der Waals surface area contributed by atoms with Crippen molar-refractivity contribution in [1.82, 2.24) is 0 Å². The molecular formula is C27H45FO5. The summed E-state index contributed by atoms with van der Waals surface area (Å²) in [6.07, 6.45) is 14.0. The topological polar surface area (TPSA) is 65.0 Å².